The molecule has 0 saturated carbocycles. The van der Waals surface area contributed by atoms with Crippen LogP contribution in [0.2, 0.25) is 0 Å². The molecule has 1 aromatic heterocycles. The van der Waals surface area contributed by atoms with Crippen LogP contribution in [0.15, 0.2) is 30.5 Å². The smallest absolute Gasteiger partial charge is 0.251 e. The van der Waals surface area contributed by atoms with Crippen molar-refractivity contribution in [3.05, 3.63) is 47.5 Å². The van der Waals surface area contributed by atoms with Crippen LogP contribution >= 0.6 is 0 Å². The molecule has 1 saturated heterocycles. The van der Waals surface area contributed by atoms with Crippen molar-refractivity contribution in [2.45, 2.75) is 25.3 Å². The first-order valence-corrected chi connectivity index (χ1v) is 7.87. The SMILES string of the molecule is O=C(NCCn1cc([C@@H]2CCCNC2)nn1)c1ccc(F)cc1. The summed E-state index contributed by atoms with van der Waals surface area (Å²) >= 11 is 0. The number of halogens is 1. The average molecular weight is 317 g/mol. The lowest BCUT2D eigenvalue weighted by atomic mass is 9.97. The second-order valence-corrected chi connectivity index (χ2v) is 5.71. The van der Waals surface area contributed by atoms with Gasteiger partial charge in [0.05, 0.1) is 12.2 Å². The number of carbonyl (C=O) groups excluding carboxylic acids is 1. The molecule has 0 bridgehead atoms. The van der Waals surface area contributed by atoms with Gasteiger partial charge in [0, 0.05) is 30.8 Å². The summed E-state index contributed by atoms with van der Waals surface area (Å²) in [6, 6.07) is 5.48. The minimum atomic E-state index is -0.353. The molecular weight excluding hydrogens is 297 g/mol. The molecule has 0 unspecified atom stereocenters. The molecule has 0 spiro atoms. The number of rotatable bonds is 5. The van der Waals surface area contributed by atoms with Crippen LogP contribution in [0.3, 0.4) is 0 Å². The van der Waals surface area contributed by atoms with Gasteiger partial charge in [-0.1, -0.05) is 5.21 Å². The minimum Gasteiger partial charge on any atom is -0.350 e. The quantitative estimate of drug-likeness (QED) is 0.872. The summed E-state index contributed by atoms with van der Waals surface area (Å²) in [6.07, 6.45) is 4.24. The summed E-state index contributed by atoms with van der Waals surface area (Å²) < 4.78 is 14.6. The van der Waals surface area contributed by atoms with E-state index in [1.165, 1.54) is 24.3 Å². The molecule has 1 amide bonds. The molecule has 6 nitrogen and oxygen atoms in total. The first kappa shape index (κ1) is 15.6. The number of nitrogens with one attached hydrogen (secondary N) is 2. The summed E-state index contributed by atoms with van der Waals surface area (Å²) in [4.78, 5) is 11.9. The van der Waals surface area contributed by atoms with Crippen LogP contribution in [0.25, 0.3) is 0 Å². The van der Waals surface area contributed by atoms with Gasteiger partial charge in [0.25, 0.3) is 5.91 Å². The Bertz CT molecular complexity index is 649. The van der Waals surface area contributed by atoms with E-state index in [1.54, 1.807) is 4.68 Å². The van der Waals surface area contributed by atoms with E-state index in [2.05, 4.69) is 20.9 Å². The molecule has 1 aromatic carbocycles. The minimum absolute atomic E-state index is 0.221. The van der Waals surface area contributed by atoms with Crippen molar-refractivity contribution in [1.82, 2.24) is 25.6 Å². The van der Waals surface area contributed by atoms with Gasteiger partial charge < -0.3 is 10.6 Å². The van der Waals surface area contributed by atoms with Crippen LogP contribution in [-0.4, -0.2) is 40.5 Å². The third-order valence-corrected chi connectivity index (χ3v) is 4.00. The highest BCUT2D eigenvalue weighted by atomic mass is 19.1. The van der Waals surface area contributed by atoms with Crippen molar-refractivity contribution in [3.8, 4) is 0 Å². The van der Waals surface area contributed by atoms with Crippen LogP contribution < -0.4 is 10.6 Å². The molecule has 2 heterocycles. The normalized spacial score (nSPS) is 17.9. The molecule has 23 heavy (non-hydrogen) atoms. The summed E-state index contributed by atoms with van der Waals surface area (Å²) in [6.45, 7) is 3.02. The molecule has 2 aromatic rings. The van der Waals surface area contributed by atoms with Gasteiger partial charge in [-0.3, -0.25) is 9.48 Å². The highest BCUT2D eigenvalue weighted by molar-refractivity contribution is 5.94. The van der Waals surface area contributed by atoms with Crippen LogP contribution in [0.4, 0.5) is 4.39 Å². The number of amides is 1. The number of nitrogens with zero attached hydrogens (tertiary/aromatic N) is 3. The fourth-order valence-corrected chi connectivity index (χ4v) is 2.70. The van der Waals surface area contributed by atoms with Crippen molar-refractivity contribution >= 4 is 5.91 Å². The van der Waals surface area contributed by atoms with E-state index in [1.807, 2.05) is 6.20 Å². The molecule has 0 radical (unpaired) electrons. The van der Waals surface area contributed by atoms with Crippen molar-refractivity contribution in [2.24, 2.45) is 0 Å². The van der Waals surface area contributed by atoms with Gasteiger partial charge >= 0.3 is 0 Å². The molecule has 3 rings (SSSR count). The predicted octanol–water partition coefficient (Wildman–Crippen LogP) is 1.31. The molecule has 122 valence electrons. The Kier molecular flexibility index (Phi) is 4.97. The number of benzene rings is 1. The number of piperidine rings is 1. The molecular formula is C16H20FN5O. The first-order valence-electron chi connectivity index (χ1n) is 7.87. The largest absolute Gasteiger partial charge is 0.350 e. The summed E-state index contributed by atoms with van der Waals surface area (Å²) in [7, 11) is 0. The Labute approximate surface area is 134 Å². The zero-order valence-corrected chi connectivity index (χ0v) is 12.8. The summed E-state index contributed by atoms with van der Waals surface area (Å²) in [5.74, 6) is -0.151. The molecule has 1 fully saturated rings. The van der Waals surface area contributed by atoms with E-state index in [9.17, 15) is 9.18 Å². The van der Waals surface area contributed by atoms with E-state index in [0.717, 1.165) is 31.6 Å². The molecule has 2 N–H and O–H groups in total. The average Bonchev–Trinajstić information content (AvgIpc) is 3.05. The highest BCUT2D eigenvalue weighted by Crippen LogP contribution is 2.20. The molecule has 7 heteroatoms. The number of carbonyl (C=O) groups is 1. The van der Waals surface area contributed by atoms with E-state index in [-0.39, 0.29) is 11.7 Å². The summed E-state index contributed by atoms with van der Waals surface area (Å²) in [5, 5.41) is 14.5. The highest BCUT2D eigenvalue weighted by Gasteiger charge is 2.18. The molecule has 0 aliphatic carbocycles. The van der Waals surface area contributed by atoms with Gasteiger partial charge in [-0.15, -0.1) is 5.10 Å². The second-order valence-electron chi connectivity index (χ2n) is 5.71. The van der Waals surface area contributed by atoms with Crippen molar-refractivity contribution in [2.75, 3.05) is 19.6 Å². The lowest BCUT2D eigenvalue weighted by molar-refractivity contribution is 0.0952. The number of aromatic nitrogens is 3. The Morgan fingerprint density at radius 1 is 1.39 bits per heavy atom. The van der Waals surface area contributed by atoms with E-state index in [4.69, 9.17) is 0 Å². The number of hydrogen-bond donors (Lipinski definition) is 2. The van der Waals surface area contributed by atoms with Crippen LogP contribution in [0, 0.1) is 5.82 Å². The standard InChI is InChI=1S/C16H20FN5O/c17-14-5-3-12(4-6-14)16(23)19-8-9-22-11-15(20-21-22)13-2-1-7-18-10-13/h3-6,11,13,18H,1-2,7-10H2,(H,19,23)/t13-/m1/s1. The van der Waals surface area contributed by atoms with Crippen LogP contribution in [-0.2, 0) is 6.54 Å². The van der Waals surface area contributed by atoms with Gasteiger partial charge in [-0.25, -0.2) is 4.39 Å². The lowest BCUT2D eigenvalue weighted by Crippen LogP contribution is -2.28. The molecule has 1 aliphatic heterocycles. The van der Waals surface area contributed by atoms with Crippen LogP contribution in [0.1, 0.15) is 34.8 Å². The third kappa shape index (κ3) is 4.13. The van der Waals surface area contributed by atoms with E-state index in [0.29, 0.717) is 24.6 Å². The van der Waals surface area contributed by atoms with Crippen LogP contribution in [0.5, 0.6) is 0 Å². The fourth-order valence-electron chi connectivity index (χ4n) is 2.70. The Hall–Kier alpha value is -2.28. The maximum Gasteiger partial charge on any atom is 0.251 e. The Morgan fingerprint density at radius 3 is 2.96 bits per heavy atom. The first-order chi connectivity index (χ1) is 11.2. The number of hydrogen-bond acceptors (Lipinski definition) is 4. The van der Waals surface area contributed by atoms with Gasteiger partial charge in [0.1, 0.15) is 5.82 Å². The van der Waals surface area contributed by atoms with Gasteiger partial charge in [-0.05, 0) is 43.7 Å². The maximum atomic E-state index is 12.8. The fraction of sp³-hybridized carbons (Fsp3) is 0.438. The maximum absolute atomic E-state index is 12.8. The molecule has 1 aliphatic rings. The Morgan fingerprint density at radius 2 is 2.22 bits per heavy atom. The monoisotopic (exact) mass is 317 g/mol. The van der Waals surface area contributed by atoms with E-state index < -0.39 is 0 Å². The van der Waals surface area contributed by atoms with Gasteiger partial charge in [-0.2, -0.15) is 0 Å². The topological polar surface area (TPSA) is 71.8 Å². The van der Waals surface area contributed by atoms with Crippen molar-refractivity contribution < 1.29 is 9.18 Å². The predicted molar refractivity (Wildman–Crippen MR) is 83.6 cm³/mol. The van der Waals surface area contributed by atoms with E-state index >= 15 is 0 Å². The summed E-state index contributed by atoms with van der Waals surface area (Å²) in [5.41, 5.74) is 1.45. The van der Waals surface area contributed by atoms with Gasteiger partial charge in [0.15, 0.2) is 0 Å². The zero-order valence-electron chi connectivity index (χ0n) is 12.8. The zero-order chi connectivity index (χ0) is 16.1. The second kappa shape index (κ2) is 7.32. The van der Waals surface area contributed by atoms with Crippen molar-refractivity contribution in [3.63, 3.8) is 0 Å². The van der Waals surface area contributed by atoms with Gasteiger partial charge in [0.2, 0.25) is 0 Å². The molecule has 1 atom stereocenters. The van der Waals surface area contributed by atoms with Crippen molar-refractivity contribution in [1.29, 1.82) is 0 Å². The lowest BCUT2D eigenvalue weighted by Gasteiger charge is -2.20. The Balaban J connectivity index is 1.48. The third-order valence-electron chi connectivity index (χ3n) is 4.00.